The molecule has 136 valence electrons. The molecule has 0 radical (unpaired) electrons. The van der Waals surface area contributed by atoms with Gasteiger partial charge in [-0.15, -0.1) is 0 Å². The molecule has 2 nitrogen and oxygen atoms in total. The van der Waals surface area contributed by atoms with Gasteiger partial charge in [-0.3, -0.25) is 0 Å². The van der Waals surface area contributed by atoms with Gasteiger partial charge in [0, 0.05) is 5.56 Å². The average Bonchev–Trinajstić information content (AvgIpc) is 2.95. The predicted molar refractivity (Wildman–Crippen MR) is 113 cm³/mol. The van der Waals surface area contributed by atoms with Gasteiger partial charge in [-0.2, -0.15) is 4.57 Å². The van der Waals surface area contributed by atoms with E-state index in [9.17, 15) is 0 Å². The molecule has 0 bridgehead atoms. The molecule has 4 aromatic rings. The highest BCUT2D eigenvalue weighted by Gasteiger charge is 2.31. The second-order valence-corrected chi connectivity index (χ2v) is 8.29. The van der Waals surface area contributed by atoms with Crippen LogP contribution in [0.2, 0.25) is 0 Å². The molecule has 0 amide bonds. The van der Waals surface area contributed by atoms with Crippen molar-refractivity contribution in [2.75, 3.05) is 0 Å². The van der Waals surface area contributed by atoms with E-state index in [2.05, 4.69) is 117 Å². The van der Waals surface area contributed by atoms with Crippen molar-refractivity contribution in [3.05, 3.63) is 83.9 Å². The van der Waals surface area contributed by atoms with Crippen LogP contribution in [0.15, 0.2) is 72.8 Å². The first-order valence-electron chi connectivity index (χ1n) is 9.55. The number of aromatic nitrogens is 2. The predicted octanol–water partition coefficient (Wildman–Crippen LogP) is 5.73. The molecule has 4 rings (SSSR count). The summed E-state index contributed by atoms with van der Waals surface area (Å²) in [6.07, 6.45) is 0. The molecular weight excluding hydrogens is 328 g/mol. The van der Waals surface area contributed by atoms with Gasteiger partial charge in [0.15, 0.2) is 11.0 Å². The topological polar surface area (TPSA) is 8.81 Å². The molecule has 1 aromatic heterocycles. The van der Waals surface area contributed by atoms with E-state index in [1.807, 2.05) is 0 Å². The normalized spacial score (nSPS) is 11.9. The van der Waals surface area contributed by atoms with E-state index >= 15 is 0 Å². The fourth-order valence-corrected chi connectivity index (χ4v) is 3.97. The molecule has 0 aliphatic carbocycles. The Balaban J connectivity index is 2.22. The van der Waals surface area contributed by atoms with Gasteiger partial charge in [-0.1, -0.05) is 69.3 Å². The summed E-state index contributed by atoms with van der Waals surface area (Å²) in [6, 6.07) is 26.0. The van der Waals surface area contributed by atoms with Crippen LogP contribution in [0.1, 0.15) is 31.9 Å². The molecule has 0 saturated heterocycles. The lowest BCUT2D eigenvalue weighted by atomic mass is 9.86. The molecule has 0 aliphatic heterocycles. The Morgan fingerprint density at radius 3 is 2.11 bits per heavy atom. The van der Waals surface area contributed by atoms with Crippen LogP contribution in [0.3, 0.4) is 0 Å². The maximum absolute atomic E-state index is 2.43. The van der Waals surface area contributed by atoms with Crippen molar-refractivity contribution in [3.63, 3.8) is 0 Å². The largest absolute Gasteiger partial charge is 0.295 e. The van der Waals surface area contributed by atoms with Gasteiger partial charge in [0.25, 0.3) is 5.82 Å². The second kappa shape index (κ2) is 6.38. The van der Waals surface area contributed by atoms with Crippen LogP contribution in [0.25, 0.3) is 28.1 Å². The summed E-state index contributed by atoms with van der Waals surface area (Å²) in [5.41, 5.74) is 7.70. The van der Waals surface area contributed by atoms with E-state index in [-0.39, 0.29) is 5.41 Å². The van der Waals surface area contributed by atoms with Gasteiger partial charge in [0.05, 0.1) is 12.6 Å². The molecule has 0 atom stereocenters. The Morgan fingerprint density at radius 2 is 1.44 bits per heavy atom. The summed E-state index contributed by atoms with van der Waals surface area (Å²) in [5, 5.41) is 0. The smallest absolute Gasteiger partial charge is 0.225 e. The number of rotatable bonds is 2. The molecule has 0 unspecified atom stereocenters. The summed E-state index contributed by atoms with van der Waals surface area (Å²) in [5.74, 6) is 1.21. The quantitative estimate of drug-likeness (QED) is 0.406. The third-order valence-electron chi connectivity index (χ3n) is 5.34. The van der Waals surface area contributed by atoms with Gasteiger partial charge in [-0.05, 0) is 42.2 Å². The zero-order valence-corrected chi connectivity index (χ0v) is 16.8. The van der Waals surface area contributed by atoms with Gasteiger partial charge in [-0.25, -0.2) is 4.57 Å². The molecule has 3 aromatic carbocycles. The van der Waals surface area contributed by atoms with Crippen LogP contribution in [0.5, 0.6) is 0 Å². The highest BCUT2D eigenvalue weighted by molar-refractivity contribution is 5.83. The van der Waals surface area contributed by atoms with Gasteiger partial charge in [0.2, 0.25) is 0 Å². The van der Waals surface area contributed by atoms with Gasteiger partial charge >= 0.3 is 0 Å². The van der Waals surface area contributed by atoms with Crippen LogP contribution in [0.4, 0.5) is 0 Å². The fourth-order valence-electron chi connectivity index (χ4n) is 3.97. The van der Waals surface area contributed by atoms with Gasteiger partial charge in [0.1, 0.15) is 5.69 Å². The minimum atomic E-state index is 0.0559. The number of imidazole rings is 1. The standard InChI is InChI=1S/C25H27N2/c1-18-12-9-10-15-20(18)24-26(5)22-17-11-16-21(25(2,3)4)23(22)27(24)19-13-7-6-8-14-19/h6-17H,1-5H3/q+1. The number of para-hydroxylation sites is 2. The van der Waals surface area contributed by atoms with E-state index in [0.717, 1.165) is 0 Å². The number of aryl methyl sites for hydroxylation is 2. The summed E-state index contributed by atoms with van der Waals surface area (Å²) >= 11 is 0. The Kier molecular flexibility index (Phi) is 4.15. The lowest BCUT2D eigenvalue weighted by molar-refractivity contribution is -0.633. The van der Waals surface area contributed by atoms with Crippen molar-refractivity contribution in [3.8, 4) is 17.1 Å². The Morgan fingerprint density at radius 1 is 0.778 bits per heavy atom. The monoisotopic (exact) mass is 355 g/mol. The second-order valence-electron chi connectivity index (χ2n) is 8.29. The Labute approximate surface area is 161 Å². The fraction of sp³-hybridized carbons (Fsp3) is 0.240. The van der Waals surface area contributed by atoms with E-state index in [1.165, 1.54) is 39.2 Å². The first-order chi connectivity index (χ1) is 12.9. The summed E-state index contributed by atoms with van der Waals surface area (Å²) in [4.78, 5) is 0. The minimum Gasteiger partial charge on any atom is -0.225 e. The molecule has 0 saturated carbocycles. The Bertz CT molecular complexity index is 1110. The first-order valence-corrected chi connectivity index (χ1v) is 9.55. The minimum absolute atomic E-state index is 0.0559. The summed E-state index contributed by atoms with van der Waals surface area (Å²) in [7, 11) is 2.18. The first kappa shape index (κ1) is 17.5. The number of hydrogen-bond donors (Lipinski definition) is 0. The molecule has 0 spiro atoms. The Hall–Kier alpha value is -2.87. The van der Waals surface area contributed by atoms with Crippen molar-refractivity contribution < 1.29 is 4.57 Å². The average molecular weight is 356 g/mol. The molecule has 27 heavy (non-hydrogen) atoms. The van der Waals surface area contributed by atoms with Crippen LogP contribution >= 0.6 is 0 Å². The van der Waals surface area contributed by atoms with Crippen LogP contribution < -0.4 is 4.57 Å². The van der Waals surface area contributed by atoms with E-state index in [1.54, 1.807) is 0 Å². The highest BCUT2D eigenvalue weighted by Crippen LogP contribution is 2.35. The van der Waals surface area contributed by atoms with Crippen molar-refractivity contribution in [1.82, 2.24) is 4.57 Å². The lowest BCUT2D eigenvalue weighted by Gasteiger charge is -2.19. The molecule has 0 fully saturated rings. The highest BCUT2D eigenvalue weighted by atomic mass is 15.2. The lowest BCUT2D eigenvalue weighted by Crippen LogP contribution is -2.30. The van der Waals surface area contributed by atoms with E-state index in [0.29, 0.717) is 0 Å². The molecule has 1 heterocycles. The maximum Gasteiger partial charge on any atom is 0.295 e. The number of hydrogen-bond acceptors (Lipinski definition) is 0. The van der Waals surface area contributed by atoms with Crippen LogP contribution in [-0.4, -0.2) is 4.57 Å². The van der Waals surface area contributed by atoms with Crippen molar-refractivity contribution >= 4 is 11.0 Å². The summed E-state index contributed by atoms with van der Waals surface area (Å²) in [6.45, 7) is 9.06. The van der Waals surface area contributed by atoms with E-state index < -0.39 is 0 Å². The van der Waals surface area contributed by atoms with Crippen LogP contribution in [0, 0.1) is 6.92 Å². The molecule has 0 N–H and O–H groups in total. The molecule has 2 heteroatoms. The van der Waals surface area contributed by atoms with Crippen molar-refractivity contribution in [1.29, 1.82) is 0 Å². The van der Waals surface area contributed by atoms with Crippen molar-refractivity contribution in [2.45, 2.75) is 33.1 Å². The maximum atomic E-state index is 2.43. The van der Waals surface area contributed by atoms with E-state index in [4.69, 9.17) is 0 Å². The molecular formula is C25H27N2+. The number of fused-ring (bicyclic) bond motifs is 1. The third-order valence-corrected chi connectivity index (χ3v) is 5.34. The third kappa shape index (κ3) is 2.86. The van der Waals surface area contributed by atoms with Crippen molar-refractivity contribution in [2.24, 2.45) is 7.05 Å². The molecule has 0 aliphatic rings. The zero-order valence-electron chi connectivity index (χ0n) is 16.8. The SMILES string of the molecule is Cc1ccccc1-c1n(-c2ccccc2)c2c(C(C)(C)C)cccc2[n+]1C. The number of nitrogens with zero attached hydrogens (tertiary/aromatic N) is 2. The van der Waals surface area contributed by atoms with Gasteiger partial charge < -0.3 is 0 Å². The van der Waals surface area contributed by atoms with Crippen LogP contribution in [-0.2, 0) is 12.5 Å². The number of benzene rings is 3. The zero-order chi connectivity index (χ0) is 19.2. The summed E-state index contributed by atoms with van der Waals surface area (Å²) < 4.78 is 4.76.